The maximum Gasteiger partial charge on any atom is 0.343 e. The van der Waals surface area contributed by atoms with Crippen molar-refractivity contribution in [2.24, 2.45) is 0 Å². The van der Waals surface area contributed by atoms with E-state index < -0.39 is 45.9 Å². The number of hydrogen-bond acceptors (Lipinski definition) is 2. The minimum absolute atomic E-state index is 0.0522. The van der Waals surface area contributed by atoms with Crippen molar-refractivity contribution in [3.05, 3.63) is 120 Å². The van der Waals surface area contributed by atoms with Crippen LogP contribution in [0.5, 0.6) is 5.75 Å². The maximum absolute atomic E-state index is 13.9. The first-order valence-electron chi connectivity index (χ1n) is 9.45. The van der Waals surface area contributed by atoms with E-state index in [4.69, 9.17) is 4.74 Å². The highest BCUT2D eigenvalue weighted by Crippen LogP contribution is 2.32. The van der Waals surface area contributed by atoms with Crippen LogP contribution in [0.4, 0.5) is 17.6 Å². The third-order valence-electron chi connectivity index (χ3n) is 4.54. The Hall–Kier alpha value is -3.58. The first kappa shape index (κ1) is 21.6. The van der Waals surface area contributed by atoms with Gasteiger partial charge in [-0.1, -0.05) is 42.5 Å². The van der Waals surface area contributed by atoms with Gasteiger partial charge in [-0.25, -0.2) is 18.0 Å². The Labute approximate surface area is 184 Å². The molecule has 160 valence electrons. The molecule has 0 heterocycles. The average molecular weight is 455 g/mol. The zero-order valence-electron chi connectivity index (χ0n) is 16.4. The van der Waals surface area contributed by atoms with Crippen molar-refractivity contribution < 1.29 is 27.1 Å². The maximum atomic E-state index is 13.9. The Kier molecular flexibility index (Phi) is 6.28. The predicted molar refractivity (Wildman–Crippen MR) is 113 cm³/mol. The summed E-state index contributed by atoms with van der Waals surface area (Å²) in [6, 6.07) is 26.2. The van der Waals surface area contributed by atoms with Gasteiger partial charge in [-0.3, -0.25) is 0 Å². The molecule has 0 bridgehead atoms. The molecule has 7 heteroatoms. The summed E-state index contributed by atoms with van der Waals surface area (Å²) in [5.41, 5.74) is 0.0522. The number of halogens is 4. The van der Waals surface area contributed by atoms with Crippen LogP contribution in [0.25, 0.3) is 0 Å². The standard InChI is InChI=1S/C25H15F4O2S/c26-20-15-21(23(28)24(29)22(20)27)31-25(30)16-8-7-13-19(14-16)32(17-9-3-1-4-10-17)18-11-5-2-6-12-18/h1-15H/q+1. The lowest BCUT2D eigenvalue weighted by molar-refractivity contribution is 0.0725. The van der Waals surface area contributed by atoms with E-state index in [1.807, 2.05) is 66.7 Å². The Morgan fingerprint density at radius 3 is 1.78 bits per heavy atom. The lowest BCUT2D eigenvalue weighted by Gasteiger charge is -2.10. The molecular formula is C25H15F4O2S+. The molecule has 0 unspecified atom stereocenters. The summed E-state index contributed by atoms with van der Waals surface area (Å²) in [6.07, 6.45) is 0. The second kappa shape index (κ2) is 9.28. The van der Waals surface area contributed by atoms with Crippen LogP contribution in [-0.2, 0) is 10.9 Å². The van der Waals surface area contributed by atoms with Crippen molar-refractivity contribution in [3.8, 4) is 5.75 Å². The summed E-state index contributed by atoms with van der Waals surface area (Å²) in [7, 11) is -0.554. The van der Waals surface area contributed by atoms with Crippen molar-refractivity contribution in [2.75, 3.05) is 0 Å². The topological polar surface area (TPSA) is 26.3 Å². The zero-order valence-corrected chi connectivity index (χ0v) is 17.2. The summed E-state index contributed by atoms with van der Waals surface area (Å²) in [5, 5.41) is 0. The van der Waals surface area contributed by atoms with Crippen LogP contribution in [0.15, 0.2) is 106 Å². The van der Waals surface area contributed by atoms with Gasteiger partial charge in [-0.2, -0.15) is 4.39 Å². The van der Waals surface area contributed by atoms with Crippen molar-refractivity contribution in [3.63, 3.8) is 0 Å². The summed E-state index contributed by atoms with van der Waals surface area (Å²) in [4.78, 5) is 15.4. The third-order valence-corrected chi connectivity index (χ3v) is 6.75. The molecule has 0 amide bonds. The molecule has 0 radical (unpaired) electrons. The summed E-state index contributed by atoms with van der Waals surface area (Å²) >= 11 is 0. The monoisotopic (exact) mass is 455 g/mol. The highest BCUT2D eigenvalue weighted by Gasteiger charge is 2.29. The van der Waals surface area contributed by atoms with Crippen molar-refractivity contribution in [1.82, 2.24) is 0 Å². The van der Waals surface area contributed by atoms with Crippen LogP contribution in [0.1, 0.15) is 10.4 Å². The van der Waals surface area contributed by atoms with Gasteiger partial charge in [0.1, 0.15) is 0 Å². The number of hydrogen-bond donors (Lipinski definition) is 0. The Bertz CT molecular complexity index is 1220. The molecule has 0 N–H and O–H groups in total. The lowest BCUT2D eigenvalue weighted by Crippen LogP contribution is -2.12. The molecule has 0 aliphatic heterocycles. The van der Waals surface area contributed by atoms with E-state index in [-0.39, 0.29) is 5.56 Å². The fourth-order valence-electron chi connectivity index (χ4n) is 3.06. The molecular weight excluding hydrogens is 440 g/mol. The van der Waals surface area contributed by atoms with Crippen LogP contribution >= 0.6 is 0 Å². The van der Waals surface area contributed by atoms with Gasteiger partial charge in [0, 0.05) is 12.1 Å². The molecule has 0 spiro atoms. The molecule has 4 aromatic carbocycles. The van der Waals surface area contributed by atoms with Crippen molar-refractivity contribution in [1.29, 1.82) is 0 Å². The molecule has 0 atom stereocenters. The van der Waals surface area contributed by atoms with Crippen LogP contribution in [0.2, 0.25) is 0 Å². The molecule has 0 aliphatic carbocycles. The van der Waals surface area contributed by atoms with E-state index in [1.54, 1.807) is 12.1 Å². The van der Waals surface area contributed by atoms with E-state index in [1.165, 1.54) is 6.07 Å². The average Bonchev–Trinajstić information content (AvgIpc) is 2.83. The second-order valence-corrected chi connectivity index (χ2v) is 8.67. The minimum atomic E-state index is -2.05. The number of carbonyl (C=O) groups excluding carboxylic acids is 1. The van der Waals surface area contributed by atoms with Crippen molar-refractivity contribution >= 4 is 16.9 Å². The number of rotatable bonds is 5. The molecule has 4 aromatic rings. The Morgan fingerprint density at radius 1 is 0.625 bits per heavy atom. The summed E-state index contributed by atoms with van der Waals surface area (Å²) < 4.78 is 58.8. The van der Waals surface area contributed by atoms with E-state index in [0.29, 0.717) is 6.07 Å². The van der Waals surface area contributed by atoms with E-state index >= 15 is 0 Å². The smallest absolute Gasteiger partial charge is 0.343 e. The molecule has 0 saturated heterocycles. The van der Waals surface area contributed by atoms with Gasteiger partial charge < -0.3 is 4.74 Å². The highest BCUT2D eigenvalue weighted by atomic mass is 32.2. The fourth-order valence-corrected chi connectivity index (χ4v) is 5.19. The third kappa shape index (κ3) is 4.38. The van der Waals surface area contributed by atoms with Crippen LogP contribution in [0.3, 0.4) is 0 Å². The van der Waals surface area contributed by atoms with Gasteiger partial charge in [0.05, 0.1) is 16.5 Å². The van der Waals surface area contributed by atoms with Gasteiger partial charge in [0.25, 0.3) is 0 Å². The van der Waals surface area contributed by atoms with Crippen LogP contribution in [0, 0.1) is 23.3 Å². The van der Waals surface area contributed by atoms with Crippen LogP contribution in [-0.4, -0.2) is 5.97 Å². The van der Waals surface area contributed by atoms with Gasteiger partial charge in [0.2, 0.25) is 11.6 Å². The molecule has 0 aliphatic rings. The minimum Gasteiger partial charge on any atom is -0.420 e. The lowest BCUT2D eigenvalue weighted by atomic mass is 10.2. The predicted octanol–water partition coefficient (Wildman–Crippen LogP) is 6.56. The first-order chi connectivity index (χ1) is 15.5. The quantitative estimate of drug-likeness (QED) is 0.0851. The largest absolute Gasteiger partial charge is 0.420 e. The fraction of sp³-hybridized carbons (Fsp3) is 0. The van der Waals surface area contributed by atoms with E-state index in [2.05, 4.69) is 0 Å². The summed E-state index contributed by atoms with van der Waals surface area (Å²) in [5.74, 6) is -9.50. The number of esters is 1. The van der Waals surface area contributed by atoms with Gasteiger partial charge in [-0.05, 0) is 36.4 Å². The molecule has 32 heavy (non-hydrogen) atoms. The second-order valence-electron chi connectivity index (χ2n) is 6.65. The van der Waals surface area contributed by atoms with Crippen LogP contribution < -0.4 is 4.74 Å². The Morgan fingerprint density at radius 2 is 1.19 bits per heavy atom. The molecule has 0 fully saturated rings. The molecule has 2 nitrogen and oxygen atoms in total. The Balaban J connectivity index is 1.70. The van der Waals surface area contributed by atoms with E-state index in [9.17, 15) is 22.4 Å². The normalized spacial score (nSPS) is 10.9. The van der Waals surface area contributed by atoms with Gasteiger partial charge in [-0.15, -0.1) is 0 Å². The van der Waals surface area contributed by atoms with Gasteiger partial charge in [0.15, 0.2) is 32.1 Å². The summed E-state index contributed by atoms with van der Waals surface area (Å²) in [6.45, 7) is 0. The molecule has 4 rings (SSSR count). The van der Waals surface area contributed by atoms with Crippen molar-refractivity contribution in [2.45, 2.75) is 14.7 Å². The van der Waals surface area contributed by atoms with E-state index in [0.717, 1.165) is 14.7 Å². The number of carbonyl (C=O) groups is 1. The molecule has 0 saturated carbocycles. The number of benzene rings is 4. The first-order valence-corrected chi connectivity index (χ1v) is 10.7. The van der Waals surface area contributed by atoms with Gasteiger partial charge >= 0.3 is 5.97 Å². The molecule has 0 aromatic heterocycles. The zero-order chi connectivity index (χ0) is 22.7. The SMILES string of the molecule is O=C(Oc1cc(F)c(F)c(F)c1F)c1cccc([S+](c2ccccc2)c2ccccc2)c1. The number of ether oxygens (including phenoxy) is 1. The highest BCUT2D eigenvalue weighted by molar-refractivity contribution is 7.97.